The first-order valence-electron chi connectivity index (χ1n) is 11.4. The molecule has 0 fully saturated rings. The Balaban J connectivity index is 2.05. The number of nitrogens with one attached hydrogen (secondary N) is 4. The number of hydrogen-bond donors (Lipinski definition) is 8. The first-order valence-corrected chi connectivity index (χ1v) is 12.0. The molecule has 37 heavy (non-hydrogen) atoms. The fourth-order valence-corrected chi connectivity index (χ4v) is 3.61. The number of rotatable bonds is 15. The number of aliphatic carboxylic acids is 1. The van der Waals surface area contributed by atoms with Crippen LogP contribution in [0, 0.1) is 0 Å². The van der Waals surface area contributed by atoms with E-state index in [2.05, 4.69) is 38.5 Å². The van der Waals surface area contributed by atoms with Crippen molar-refractivity contribution in [2.75, 3.05) is 5.75 Å². The first kappa shape index (κ1) is 29.3. The van der Waals surface area contributed by atoms with Crippen LogP contribution in [0.1, 0.15) is 24.1 Å². The number of primary amides is 1. The monoisotopic (exact) mass is 533 g/mol. The molecule has 4 unspecified atom stereocenters. The maximum atomic E-state index is 12.9. The number of H-pyrrole nitrogens is 1. The van der Waals surface area contributed by atoms with Gasteiger partial charge in [0.05, 0.1) is 12.4 Å². The fraction of sp³-hybridized carbons (Fsp3) is 0.391. The highest BCUT2D eigenvalue weighted by Crippen LogP contribution is 2.05. The number of nitrogens with two attached hydrogens (primary N) is 2. The van der Waals surface area contributed by atoms with E-state index < -0.39 is 53.8 Å². The van der Waals surface area contributed by atoms with Gasteiger partial charge < -0.3 is 37.5 Å². The van der Waals surface area contributed by atoms with Crippen molar-refractivity contribution in [3.63, 3.8) is 0 Å². The third-order valence-electron chi connectivity index (χ3n) is 5.36. The van der Waals surface area contributed by atoms with Crippen LogP contribution in [-0.4, -0.2) is 74.6 Å². The van der Waals surface area contributed by atoms with Crippen molar-refractivity contribution in [3.05, 3.63) is 54.1 Å². The van der Waals surface area contributed by atoms with Gasteiger partial charge in [-0.15, -0.1) is 0 Å². The second kappa shape index (κ2) is 14.6. The molecule has 0 saturated heterocycles. The normalized spacial score (nSPS) is 14.0. The lowest BCUT2D eigenvalue weighted by atomic mass is 10.1. The molecule has 200 valence electrons. The summed E-state index contributed by atoms with van der Waals surface area (Å²) in [5.41, 5.74) is 12.5. The predicted molar refractivity (Wildman–Crippen MR) is 136 cm³/mol. The molecule has 2 rings (SSSR count). The van der Waals surface area contributed by atoms with Crippen molar-refractivity contribution in [2.24, 2.45) is 11.5 Å². The average molecular weight is 534 g/mol. The number of benzene rings is 1. The number of carbonyl (C=O) groups excluding carboxylic acids is 4. The van der Waals surface area contributed by atoms with Crippen molar-refractivity contribution in [3.8, 4) is 0 Å². The minimum Gasteiger partial charge on any atom is -0.480 e. The van der Waals surface area contributed by atoms with Crippen LogP contribution in [0.3, 0.4) is 0 Å². The quantitative estimate of drug-likeness (QED) is 0.122. The van der Waals surface area contributed by atoms with Crippen LogP contribution in [-0.2, 0) is 36.8 Å². The predicted octanol–water partition coefficient (Wildman–Crippen LogP) is -1.74. The zero-order valence-electron chi connectivity index (χ0n) is 19.9. The van der Waals surface area contributed by atoms with E-state index in [1.54, 1.807) is 0 Å². The van der Waals surface area contributed by atoms with Crippen molar-refractivity contribution in [1.29, 1.82) is 0 Å². The number of hydrogen-bond acceptors (Lipinski definition) is 8. The second-order valence-electron chi connectivity index (χ2n) is 8.29. The molecule has 9 N–H and O–H groups in total. The topological polar surface area (TPSA) is 222 Å². The Labute approximate surface area is 218 Å². The van der Waals surface area contributed by atoms with Crippen molar-refractivity contribution >= 4 is 42.2 Å². The zero-order chi connectivity index (χ0) is 27.4. The molecule has 4 amide bonds. The largest absolute Gasteiger partial charge is 0.480 e. The number of imidazole rings is 1. The van der Waals surface area contributed by atoms with Crippen LogP contribution in [0.15, 0.2) is 42.9 Å². The number of carboxylic acids is 1. The van der Waals surface area contributed by atoms with Gasteiger partial charge in [-0.25, -0.2) is 9.78 Å². The van der Waals surface area contributed by atoms with Gasteiger partial charge in [-0.1, -0.05) is 30.3 Å². The van der Waals surface area contributed by atoms with Gasteiger partial charge in [-0.2, -0.15) is 12.6 Å². The summed E-state index contributed by atoms with van der Waals surface area (Å²) >= 11 is 4.11. The number of amides is 4. The molecule has 13 nitrogen and oxygen atoms in total. The second-order valence-corrected chi connectivity index (χ2v) is 8.65. The minimum atomic E-state index is -1.34. The molecule has 1 heterocycles. The smallest absolute Gasteiger partial charge is 0.326 e. The highest BCUT2D eigenvalue weighted by molar-refractivity contribution is 7.80. The number of carbonyl (C=O) groups is 5. The molecule has 0 aliphatic carbocycles. The number of nitrogens with zero attached hydrogens (tertiary/aromatic N) is 1. The van der Waals surface area contributed by atoms with E-state index in [0.717, 1.165) is 5.56 Å². The lowest BCUT2D eigenvalue weighted by Crippen LogP contribution is -2.58. The lowest BCUT2D eigenvalue weighted by molar-refractivity contribution is -0.142. The fourth-order valence-electron chi connectivity index (χ4n) is 3.35. The molecular formula is C23H31N7O6S. The molecule has 4 atom stereocenters. The van der Waals surface area contributed by atoms with E-state index in [1.807, 2.05) is 30.3 Å². The summed E-state index contributed by atoms with van der Waals surface area (Å²) < 4.78 is 0. The van der Waals surface area contributed by atoms with Gasteiger partial charge in [0.25, 0.3) is 0 Å². The van der Waals surface area contributed by atoms with Crippen molar-refractivity contribution in [2.45, 2.75) is 49.9 Å². The molecule has 2 aromatic rings. The minimum absolute atomic E-state index is 0.0911. The van der Waals surface area contributed by atoms with Crippen molar-refractivity contribution in [1.82, 2.24) is 25.9 Å². The first-order chi connectivity index (χ1) is 17.6. The van der Waals surface area contributed by atoms with Gasteiger partial charge in [-0.05, 0) is 18.4 Å². The molecule has 0 aliphatic rings. The summed E-state index contributed by atoms with van der Waals surface area (Å²) in [6.45, 7) is 0. The molecule has 0 radical (unpaired) electrons. The molecule has 14 heteroatoms. The van der Waals surface area contributed by atoms with Gasteiger partial charge in [-0.3, -0.25) is 19.2 Å². The van der Waals surface area contributed by atoms with Crippen LogP contribution in [0.2, 0.25) is 0 Å². The Morgan fingerprint density at radius 1 is 0.946 bits per heavy atom. The van der Waals surface area contributed by atoms with E-state index in [-0.39, 0.29) is 31.4 Å². The highest BCUT2D eigenvalue weighted by atomic mass is 32.1. The van der Waals surface area contributed by atoms with Gasteiger partial charge in [0, 0.05) is 30.5 Å². The number of aromatic amines is 1. The van der Waals surface area contributed by atoms with Crippen LogP contribution < -0.4 is 27.4 Å². The summed E-state index contributed by atoms with van der Waals surface area (Å²) in [6.07, 6.45) is 2.48. The Morgan fingerprint density at radius 3 is 2.14 bits per heavy atom. The van der Waals surface area contributed by atoms with E-state index >= 15 is 0 Å². The molecule has 0 spiro atoms. The van der Waals surface area contributed by atoms with Gasteiger partial charge in [0.15, 0.2) is 0 Å². The van der Waals surface area contributed by atoms with Gasteiger partial charge >= 0.3 is 5.97 Å². The molecule has 0 aliphatic heterocycles. The third kappa shape index (κ3) is 9.93. The average Bonchev–Trinajstić information content (AvgIpc) is 3.37. The summed E-state index contributed by atoms with van der Waals surface area (Å²) in [5, 5.41) is 16.8. The Bertz CT molecular complexity index is 1070. The maximum absolute atomic E-state index is 12.9. The van der Waals surface area contributed by atoms with Crippen LogP contribution in [0.25, 0.3) is 0 Å². The number of carboxylic acid groups (broad SMARTS) is 1. The number of thiol groups is 1. The SMILES string of the molecule is NC(=O)CCC(NC(=O)C(CS)NC(=O)C(N)Cc1ccccc1)C(=O)NC(Cc1cnc[nH]1)C(=O)O. The maximum Gasteiger partial charge on any atom is 0.326 e. The van der Waals surface area contributed by atoms with Crippen LogP contribution in [0.5, 0.6) is 0 Å². The summed E-state index contributed by atoms with van der Waals surface area (Å²) in [7, 11) is 0. The number of aromatic nitrogens is 2. The lowest BCUT2D eigenvalue weighted by Gasteiger charge is -2.24. The highest BCUT2D eigenvalue weighted by Gasteiger charge is 2.30. The standard InChI is InChI=1S/C23H31N7O6S/c24-15(8-13-4-2-1-3-5-13)20(32)30-18(11-37)22(34)28-16(6-7-19(25)31)21(33)29-17(23(35)36)9-14-10-26-12-27-14/h1-5,10,12,15-18,37H,6-9,11,24H2,(H2,25,31)(H,26,27)(H,28,34)(H,29,33)(H,30,32)(H,35,36). The van der Waals surface area contributed by atoms with Gasteiger partial charge in [0.2, 0.25) is 23.6 Å². The van der Waals surface area contributed by atoms with Gasteiger partial charge in [0.1, 0.15) is 18.1 Å². The van der Waals surface area contributed by atoms with E-state index in [4.69, 9.17) is 11.5 Å². The Morgan fingerprint density at radius 2 is 1.57 bits per heavy atom. The molecule has 1 aromatic heterocycles. The summed E-state index contributed by atoms with van der Waals surface area (Å²) in [4.78, 5) is 67.9. The van der Waals surface area contributed by atoms with Crippen molar-refractivity contribution < 1.29 is 29.1 Å². The van der Waals surface area contributed by atoms with Crippen LogP contribution in [0.4, 0.5) is 0 Å². The van der Waals surface area contributed by atoms with E-state index in [0.29, 0.717) is 5.69 Å². The van der Waals surface area contributed by atoms with E-state index in [1.165, 1.54) is 12.5 Å². The molecule has 0 saturated carbocycles. The zero-order valence-corrected chi connectivity index (χ0v) is 20.8. The third-order valence-corrected chi connectivity index (χ3v) is 5.72. The summed E-state index contributed by atoms with van der Waals surface area (Å²) in [5.74, 6) is -4.34. The molecular weight excluding hydrogens is 502 g/mol. The van der Waals surface area contributed by atoms with Crippen LogP contribution >= 0.6 is 12.6 Å². The summed E-state index contributed by atoms with van der Waals surface area (Å²) in [6, 6.07) is 4.35. The molecule has 1 aromatic carbocycles. The molecule has 0 bridgehead atoms. The van der Waals surface area contributed by atoms with E-state index in [9.17, 15) is 29.1 Å². The Kier molecular flexibility index (Phi) is 11.6. The Hall–Kier alpha value is -3.91.